The van der Waals surface area contributed by atoms with Crippen LogP contribution >= 0.6 is 0 Å². The van der Waals surface area contributed by atoms with Crippen molar-refractivity contribution < 1.29 is 23.0 Å². The van der Waals surface area contributed by atoms with Crippen LogP contribution in [0.3, 0.4) is 0 Å². The molecule has 1 amide bonds. The average Bonchev–Trinajstić information content (AvgIpc) is 3.05. The minimum atomic E-state index is -2.87. The summed E-state index contributed by atoms with van der Waals surface area (Å²) < 4.78 is 36.8. The Kier molecular flexibility index (Phi) is 6.11. The van der Waals surface area contributed by atoms with Crippen molar-refractivity contribution in [3.63, 3.8) is 0 Å². The molecule has 0 bridgehead atoms. The molecular formula is C16H19F2N3O3. The lowest BCUT2D eigenvalue weighted by Gasteiger charge is -2.13. The summed E-state index contributed by atoms with van der Waals surface area (Å²) in [4.78, 5) is 12.0. The molecule has 0 saturated carbocycles. The highest BCUT2D eigenvalue weighted by atomic mass is 19.3. The molecule has 0 fully saturated rings. The Morgan fingerprint density at radius 2 is 1.92 bits per heavy atom. The first kappa shape index (κ1) is 17.7. The van der Waals surface area contributed by atoms with Gasteiger partial charge in [-0.1, -0.05) is 6.07 Å². The zero-order valence-corrected chi connectivity index (χ0v) is 13.5. The highest BCUT2D eigenvalue weighted by Gasteiger charge is 2.17. The van der Waals surface area contributed by atoms with Crippen LogP contribution in [0.2, 0.25) is 0 Å². The number of carbonyl (C=O) groups excluding carboxylic acids is 1. The minimum absolute atomic E-state index is 0.166. The maximum absolute atomic E-state index is 12.7. The van der Waals surface area contributed by atoms with Crippen LogP contribution in [0, 0.1) is 0 Å². The van der Waals surface area contributed by atoms with Gasteiger partial charge in [0.1, 0.15) is 5.69 Å². The summed E-state index contributed by atoms with van der Waals surface area (Å²) in [6.07, 6.45) is 1.16. The molecule has 0 unspecified atom stereocenters. The minimum Gasteiger partial charge on any atom is -0.490 e. The number of rotatable bonds is 8. The molecule has 1 heterocycles. The summed E-state index contributed by atoms with van der Waals surface area (Å²) in [5, 5.41) is 6.02. The number of nitrogens with one attached hydrogen (secondary N) is 1. The third kappa shape index (κ3) is 4.21. The van der Waals surface area contributed by atoms with Crippen molar-refractivity contribution in [1.82, 2.24) is 15.1 Å². The van der Waals surface area contributed by atoms with E-state index in [1.165, 1.54) is 6.07 Å². The third-order valence-electron chi connectivity index (χ3n) is 3.15. The fraction of sp³-hybridized carbons (Fsp3) is 0.375. The van der Waals surface area contributed by atoms with Crippen molar-refractivity contribution in [2.24, 2.45) is 0 Å². The van der Waals surface area contributed by atoms with E-state index in [1.54, 1.807) is 18.2 Å². The van der Waals surface area contributed by atoms with E-state index in [9.17, 15) is 13.6 Å². The van der Waals surface area contributed by atoms with Crippen LogP contribution in [0.25, 0.3) is 0 Å². The van der Waals surface area contributed by atoms with Crippen LogP contribution in [0.4, 0.5) is 8.78 Å². The molecular weight excluding hydrogens is 320 g/mol. The zero-order valence-electron chi connectivity index (χ0n) is 13.5. The Morgan fingerprint density at radius 3 is 2.58 bits per heavy atom. The highest BCUT2D eigenvalue weighted by Crippen LogP contribution is 2.28. The molecule has 1 N–H and O–H groups in total. The largest absolute Gasteiger partial charge is 0.490 e. The second-order valence-electron chi connectivity index (χ2n) is 4.77. The smallest absolute Gasteiger partial charge is 0.333 e. The molecule has 0 spiro atoms. The summed E-state index contributed by atoms with van der Waals surface area (Å²) >= 11 is 0. The molecule has 1 aromatic heterocycles. The molecule has 0 radical (unpaired) electrons. The number of amides is 1. The van der Waals surface area contributed by atoms with Gasteiger partial charge in [-0.25, -0.2) is 0 Å². The number of alkyl halides is 2. The lowest BCUT2D eigenvalue weighted by molar-refractivity contribution is 0.0509. The molecule has 8 heteroatoms. The quantitative estimate of drug-likeness (QED) is 0.803. The lowest BCUT2D eigenvalue weighted by Crippen LogP contribution is -2.26. The first-order valence-electron chi connectivity index (χ1n) is 7.55. The van der Waals surface area contributed by atoms with Crippen molar-refractivity contribution in [2.45, 2.75) is 26.9 Å². The standard InChI is InChI=1S/C16H19F2N3O3/c1-3-23-13-6-5-11(9-14(13)24-4-2)10-19-15(22)12-7-8-20-21(12)16(17)18/h5-9,16H,3-4,10H2,1-2H3,(H,19,22). The van der Waals surface area contributed by atoms with Crippen molar-refractivity contribution in [3.8, 4) is 11.5 Å². The first-order valence-corrected chi connectivity index (χ1v) is 7.55. The van der Waals surface area contributed by atoms with Crippen LogP contribution in [-0.2, 0) is 6.54 Å². The topological polar surface area (TPSA) is 65.4 Å². The van der Waals surface area contributed by atoms with Gasteiger partial charge in [-0.3, -0.25) is 4.79 Å². The van der Waals surface area contributed by atoms with Gasteiger partial charge >= 0.3 is 6.55 Å². The van der Waals surface area contributed by atoms with Gasteiger partial charge in [0.25, 0.3) is 5.91 Å². The molecule has 6 nitrogen and oxygen atoms in total. The molecule has 0 aliphatic carbocycles. The van der Waals surface area contributed by atoms with E-state index < -0.39 is 12.5 Å². The van der Waals surface area contributed by atoms with E-state index in [4.69, 9.17) is 9.47 Å². The van der Waals surface area contributed by atoms with E-state index in [1.807, 2.05) is 13.8 Å². The van der Waals surface area contributed by atoms with Crippen LogP contribution in [0.1, 0.15) is 36.4 Å². The predicted molar refractivity (Wildman–Crippen MR) is 83.4 cm³/mol. The fourth-order valence-corrected chi connectivity index (χ4v) is 2.13. The number of halogens is 2. The second kappa shape index (κ2) is 8.28. The summed E-state index contributed by atoms with van der Waals surface area (Å²) in [6.45, 7) is 2.01. The van der Waals surface area contributed by atoms with E-state index in [0.717, 1.165) is 11.8 Å². The number of hydrogen-bond donors (Lipinski definition) is 1. The first-order chi connectivity index (χ1) is 11.6. The van der Waals surface area contributed by atoms with Gasteiger partial charge in [0, 0.05) is 12.7 Å². The van der Waals surface area contributed by atoms with Gasteiger partial charge in [0.05, 0.1) is 13.2 Å². The lowest BCUT2D eigenvalue weighted by atomic mass is 10.2. The van der Waals surface area contributed by atoms with Crippen molar-refractivity contribution in [3.05, 3.63) is 41.7 Å². The molecule has 0 aliphatic heterocycles. The number of hydrogen-bond acceptors (Lipinski definition) is 4. The maximum atomic E-state index is 12.7. The molecule has 24 heavy (non-hydrogen) atoms. The maximum Gasteiger partial charge on any atom is 0.333 e. The fourth-order valence-electron chi connectivity index (χ4n) is 2.13. The Hall–Kier alpha value is -2.64. The summed E-state index contributed by atoms with van der Waals surface area (Å²) in [5.41, 5.74) is 0.569. The predicted octanol–water partition coefficient (Wildman–Crippen LogP) is 3.01. The van der Waals surface area contributed by atoms with Gasteiger partial charge in [0.15, 0.2) is 11.5 Å². The number of aromatic nitrogens is 2. The molecule has 0 atom stereocenters. The van der Waals surface area contributed by atoms with Crippen LogP contribution in [0.5, 0.6) is 11.5 Å². The summed E-state index contributed by atoms with van der Waals surface area (Å²) in [7, 11) is 0. The van der Waals surface area contributed by atoms with Crippen LogP contribution in [0.15, 0.2) is 30.5 Å². The van der Waals surface area contributed by atoms with Crippen LogP contribution < -0.4 is 14.8 Å². The number of ether oxygens (including phenoxy) is 2. The molecule has 0 saturated heterocycles. The van der Waals surface area contributed by atoms with E-state index in [0.29, 0.717) is 29.4 Å². The monoisotopic (exact) mass is 339 g/mol. The number of nitrogens with zero attached hydrogens (tertiary/aromatic N) is 2. The normalized spacial score (nSPS) is 10.7. The molecule has 0 aliphatic rings. The molecule has 2 aromatic rings. The SMILES string of the molecule is CCOc1ccc(CNC(=O)c2ccnn2C(F)F)cc1OCC. The van der Waals surface area contributed by atoms with Gasteiger partial charge in [-0.05, 0) is 37.6 Å². The molecule has 2 rings (SSSR count). The Labute approximate surface area is 138 Å². The Morgan fingerprint density at radius 1 is 1.21 bits per heavy atom. The van der Waals surface area contributed by atoms with E-state index in [2.05, 4.69) is 10.4 Å². The highest BCUT2D eigenvalue weighted by molar-refractivity contribution is 5.92. The van der Waals surface area contributed by atoms with E-state index in [-0.39, 0.29) is 12.2 Å². The van der Waals surface area contributed by atoms with Crippen molar-refractivity contribution in [1.29, 1.82) is 0 Å². The second-order valence-corrected chi connectivity index (χ2v) is 4.77. The third-order valence-corrected chi connectivity index (χ3v) is 3.15. The Bertz CT molecular complexity index is 689. The summed E-state index contributed by atoms with van der Waals surface area (Å²) in [5.74, 6) is 0.563. The molecule has 130 valence electrons. The molecule has 1 aromatic carbocycles. The van der Waals surface area contributed by atoms with Gasteiger partial charge in [-0.2, -0.15) is 18.6 Å². The zero-order chi connectivity index (χ0) is 17.5. The van der Waals surface area contributed by atoms with Gasteiger partial charge in [0.2, 0.25) is 0 Å². The number of benzene rings is 1. The van der Waals surface area contributed by atoms with Gasteiger partial charge < -0.3 is 14.8 Å². The summed E-state index contributed by atoms with van der Waals surface area (Å²) in [6, 6.07) is 6.52. The Balaban J connectivity index is 2.07. The van der Waals surface area contributed by atoms with Crippen molar-refractivity contribution in [2.75, 3.05) is 13.2 Å². The van der Waals surface area contributed by atoms with Gasteiger partial charge in [-0.15, -0.1) is 0 Å². The van der Waals surface area contributed by atoms with E-state index >= 15 is 0 Å². The van der Waals surface area contributed by atoms with Crippen LogP contribution in [-0.4, -0.2) is 28.9 Å². The van der Waals surface area contributed by atoms with Crippen molar-refractivity contribution >= 4 is 5.91 Å². The average molecular weight is 339 g/mol. The number of carbonyl (C=O) groups is 1.